The van der Waals surface area contributed by atoms with Gasteiger partial charge < -0.3 is 20.5 Å². The third kappa shape index (κ3) is 6.60. The van der Waals surface area contributed by atoms with Gasteiger partial charge in [-0.1, -0.05) is 26.0 Å². The van der Waals surface area contributed by atoms with E-state index in [2.05, 4.69) is 30.5 Å². The molecule has 186 valence electrons. The molecule has 4 rings (SSSR count). The lowest BCUT2D eigenvalue weighted by atomic mass is 10.0. The van der Waals surface area contributed by atoms with E-state index >= 15 is 0 Å². The SMILES string of the molecule is CC(C)C(COc1ccc(-c2nc3ccccc3s2)cc1)Nc1ccc(C(=O)NCCC(=O)O)cc1. The fourth-order valence-corrected chi connectivity index (χ4v) is 4.56. The summed E-state index contributed by atoms with van der Waals surface area (Å²) in [6, 6.07) is 23.3. The van der Waals surface area contributed by atoms with E-state index in [9.17, 15) is 9.59 Å². The lowest BCUT2D eigenvalue weighted by Crippen LogP contribution is -2.32. The van der Waals surface area contributed by atoms with Crippen LogP contribution < -0.4 is 15.4 Å². The Morgan fingerprint density at radius 2 is 1.72 bits per heavy atom. The highest BCUT2D eigenvalue weighted by atomic mass is 32.1. The molecule has 1 amide bonds. The molecule has 1 heterocycles. The number of amides is 1. The molecule has 0 saturated carbocycles. The molecular weight excluding hydrogens is 474 g/mol. The van der Waals surface area contributed by atoms with Crippen LogP contribution in [0.5, 0.6) is 5.75 Å². The van der Waals surface area contributed by atoms with Gasteiger partial charge in [0.05, 0.1) is 22.7 Å². The number of benzene rings is 3. The van der Waals surface area contributed by atoms with Gasteiger partial charge in [0.25, 0.3) is 5.91 Å². The van der Waals surface area contributed by atoms with Crippen molar-refractivity contribution in [2.24, 2.45) is 5.92 Å². The van der Waals surface area contributed by atoms with Crippen molar-refractivity contribution in [3.63, 3.8) is 0 Å². The molecule has 4 aromatic rings. The Bertz CT molecular complexity index is 1280. The van der Waals surface area contributed by atoms with Crippen molar-refractivity contribution in [3.05, 3.63) is 78.4 Å². The van der Waals surface area contributed by atoms with Crippen molar-refractivity contribution in [2.45, 2.75) is 26.3 Å². The van der Waals surface area contributed by atoms with Gasteiger partial charge in [-0.2, -0.15) is 0 Å². The Kier molecular flexibility index (Phi) is 8.17. The molecule has 0 aliphatic rings. The minimum atomic E-state index is -0.944. The molecule has 8 heteroatoms. The van der Waals surface area contributed by atoms with Crippen LogP contribution in [-0.4, -0.2) is 41.2 Å². The Morgan fingerprint density at radius 3 is 2.39 bits per heavy atom. The lowest BCUT2D eigenvalue weighted by Gasteiger charge is -2.24. The second kappa shape index (κ2) is 11.7. The van der Waals surface area contributed by atoms with Crippen molar-refractivity contribution >= 4 is 39.1 Å². The van der Waals surface area contributed by atoms with E-state index in [1.807, 2.05) is 54.6 Å². The molecule has 1 aromatic heterocycles. The van der Waals surface area contributed by atoms with Gasteiger partial charge in [0.15, 0.2) is 0 Å². The fourth-order valence-electron chi connectivity index (χ4n) is 3.59. The number of aromatic nitrogens is 1. The second-order valence-corrected chi connectivity index (χ2v) is 9.82. The molecule has 36 heavy (non-hydrogen) atoms. The first-order valence-corrected chi connectivity index (χ1v) is 12.7. The number of carbonyl (C=O) groups is 2. The maximum Gasteiger partial charge on any atom is 0.305 e. The number of carboxylic acids is 1. The minimum Gasteiger partial charge on any atom is -0.491 e. The van der Waals surface area contributed by atoms with Gasteiger partial charge in [0, 0.05) is 23.4 Å². The number of thiazole rings is 1. The van der Waals surface area contributed by atoms with Gasteiger partial charge >= 0.3 is 5.97 Å². The van der Waals surface area contributed by atoms with E-state index in [-0.39, 0.29) is 24.9 Å². The molecule has 1 unspecified atom stereocenters. The summed E-state index contributed by atoms with van der Waals surface area (Å²) in [5.74, 6) is -0.131. The van der Waals surface area contributed by atoms with E-state index < -0.39 is 5.97 Å². The zero-order chi connectivity index (χ0) is 25.5. The van der Waals surface area contributed by atoms with E-state index in [0.29, 0.717) is 18.1 Å². The van der Waals surface area contributed by atoms with Crippen LogP contribution in [0.4, 0.5) is 5.69 Å². The molecule has 1 atom stereocenters. The third-order valence-corrected chi connectivity index (χ3v) is 6.84. The molecule has 3 aromatic carbocycles. The zero-order valence-electron chi connectivity index (χ0n) is 20.2. The molecule has 0 fully saturated rings. The summed E-state index contributed by atoms with van der Waals surface area (Å²) >= 11 is 1.68. The highest BCUT2D eigenvalue weighted by Crippen LogP contribution is 2.31. The van der Waals surface area contributed by atoms with Gasteiger partial charge in [0.2, 0.25) is 0 Å². The topological polar surface area (TPSA) is 101 Å². The number of carbonyl (C=O) groups excluding carboxylic acids is 1. The van der Waals surface area contributed by atoms with Gasteiger partial charge in [-0.05, 0) is 66.6 Å². The van der Waals surface area contributed by atoms with Crippen LogP contribution in [0.15, 0.2) is 72.8 Å². The van der Waals surface area contributed by atoms with Crippen LogP contribution >= 0.6 is 11.3 Å². The van der Waals surface area contributed by atoms with E-state index in [4.69, 9.17) is 14.8 Å². The zero-order valence-corrected chi connectivity index (χ0v) is 21.0. The summed E-state index contributed by atoms with van der Waals surface area (Å²) in [5, 5.41) is 15.8. The molecule has 0 bridgehead atoms. The van der Waals surface area contributed by atoms with Crippen LogP contribution in [0.1, 0.15) is 30.6 Å². The third-order valence-electron chi connectivity index (χ3n) is 5.75. The molecule has 0 spiro atoms. The predicted octanol–water partition coefficient (Wildman–Crippen LogP) is 5.68. The number of hydrogen-bond acceptors (Lipinski definition) is 6. The first-order chi connectivity index (χ1) is 17.4. The van der Waals surface area contributed by atoms with Crippen molar-refractivity contribution < 1.29 is 19.4 Å². The lowest BCUT2D eigenvalue weighted by molar-refractivity contribution is -0.136. The fraction of sp³-hybridized carbons (Fsp3) is 0.250. The molecule has 0 aliphatic carbocycles. The quantitative estimate of drug-likeness (QED) is 0.243. The average Bonchev–Trinajstić information content (AvgIpc) is 3.31. The highest BCUT2D eigenvalue weighted by molar-refractivity contribution is 7.21. The van der Waals surface area contributed by atoms with Crippen LogP contribution in [0.2, 0.25) is 0 Å². The summed E-state index contributed by atoms with van der Waals surface area (Å²) in [4.78, 5) is 27.5. The highest BCUT2D eigenvalue weighted by Gasteiger charge is 2.15. The number of anilines is 1. The predicted molar refractivity (Wildman–Crippen MR) is 144 cm³/mol. The normalized spacial score (nSPS) is 11.9. The molecular formula is C28H29N3O4S. The molecule has 0 saturated heterocycles. The number of ether oxygens (including phenoxy) is 1. The van der Waals surface area contributed by atoms with Gasteiger partial charge in [-0.25, -0.2) is 4.98 Å². The van der Waals surface area contributed by atoms with Crippen molar-refractivity contribution in [1.29, 1.82) is 0 Å². The standard InChI is InChI=1S/C28H29N3O4S/c1-18(2)24(30-21-11-7-19(8-12-21)27(34)29-16-15-26(32)33)17-35-22-13-9-20(10-14-22)28-31-23-5-3-4-6-25(23)36-28/h3-14,18,24,30H,15-17H2,1-2H3,(H,29,34)(H,32,33). The number of rotatable bonds is 11. The largest absolute Gasteiger partial charge is 0.491 e. The second-order valence-electron chi connectivity index (χ2n) is 8.79. The summed E-state index contributed by atoms with van der Waals surface area (Å²) in [5.41, 5.74) is 3.44. The first kappa shape index (κ1) is 25.2. The van der Waals surface area contributed by atoms with Crippen molar-refractivity contribution in [2.75, 3.05) is 18.5 Å². The molecule has 0 aliphatic heterocycles. The summed E-state index contributed by atoms with van der Waals surface area (Å²) in [6.07, 6.45) is -0.105. The summed E-state index contributed by atoms with van der Waals surface area (Å²) < 4.78 is 7.26. The van der Waals surface area contributed by atoms with Crippen molar-refractivity contribution in [3.8, 4) is 16.3 Å². The van der Waals surface area contributed by atoms with Crippen LogP contribution in [0.25, 0.3) is 20.8 Å². The van der Waals surface area contributed by atoms with Crippen LogP contribution in [-0.2, 0) is 4.79 Å². The molecule has 0 radical (unpaired) electrons. The summed E-state index contributed by atoms with van der Waals surface area (Å²) in [7, 11) is 0. The van der Waals surface area contributed by atoms with Gasteiger partial charge in [0.1, 0.15) is 17.4 Å². The van der Waals surface area contributed by atoms with Crippen molar-refractivity contribution in [1.82, 2.24) is 10.3 Å². The molecule has 3 N–H and O–H groups in total. The first-order valence-electron chi connectivity index (χ1n) is 11.8. The Balaban J connectivity index is 1.32. The van der Waals surface area contributed by atoms with E-state index in [1.165, 1.54) is 4.70 Å². The number of nitrogens with zero attached hydrogens (tertiary/aromatic N) is 1. The number of carboxylic acid groups (broad SMARTS) is 1. The maximum atomic E-state index is 12.1. The van der Waals surface area contributed by atoms with Gasteiger partial charge in [-0.15, -0.1) is 11.3 Å². The number of para-hydroxylation sites is 1. The van der Waals surface area contributed by atoms with Crippen LogP contribution in [0.3, 0.4) is 0 Å². The smallest absolute Gasteiger partial charge is 0.305 e. The number of hydrogen-bond donors (Lipinski definition) is 3. The Morgan fingerprint density at radius 1 is 1.00 bits per heavy atom. The summed E-state index contributed by atoms with van der Waals surface area (Å²) in [6.45, 7) is 4.83. The molecule has 7 nitrogen and oxygen atoms in total. The van der Waals surface area contributed by atoms with E-state index in [0.717, 1.165) is 27.5 Å². The average molecular weight is 504 g/mol. The Hall–Kier alpha value is -3.91. The maximum absolute atomic E-state index is 12.1. The Labute approximate surface area is 214 Å². The number of aliphatic carboxylic acids is 1. The van der Waals surface area contributed by atoms with Crippen LogP contribution in [0, 0.1) is 5.92 Å². The number of fused-ring (bicyclic) bond motifs is 1. The van der Waals surface area contributed by atoms with E-state index in [1.54, 1.807) is 23.5 Å². The van der Waals surface area contributed by atoms with Gasteiger partial charge in [-0.3, -0.25) is 9.59 Å². The number of nitrogens with one attached hydrogen (secondary N) is 2. The monoisotopic (exact) mass is 503 g/mol. The minimum absolute atomic E-state index is 0.0594.